The van der Waals surface area contributed by atoms with Gasteiger partial charge in [0.05, 0.1) is 13.2 Å². The second kappa shape index (κ2) is 8.35. The van der Waals surface area contributed by atoms with Gasteiger partial charge in [0.2, 0.25) is 11.9 Å². The zero-order valence-electron chi connectivity index (χ0n) is 16.1. The minimum absolute atomic E-state index is 0.0487. The van der Waals surface area contributed by atoms with Gasteiger partial charge in [-0.25, -0.2) is 4.98 Å². The Hall–Kier alpha value is -2.67. The number of hydrogen-bond donors (Lipinski definition) is 0. The lowest BCUT2D eigenvalue weighted by Gasteiger charge is -2.30. The molecule has 3 rings (SSSR count). The van der Waals surface area contributed by atoms with Crippen molar-refractivity contribution < 1.29 is 9.53 Å². The molecule has 1 aromatic carbocycles. The number of carbonyl (C=O) groups is 1. The Labute approximate surface area is 159 Å². The topological polar surface area (TPSA) is 67.7 Å². The van der Waals surface area contributed by atoms with E-state index < -0.39 is 0 Å². The van der Waals surface area contributed by atoms with E-state index in [1.165, 1.54) is 10.6 Å². The van der Waals surface area contributed by atoms with Crippen LogP contribution in [0.25, 0.3) is 0 Å². The van der Waals surface area contributed by atoms with Gasteiger partial charge in [-0.15, -0.1) is 0 Å². The zero-order valence-corrected chi connectivity index (χ0v) is 16.1. The summed E-state index contributed by atoms with van der Waals surface area (Å²) >= 11 is 0. The van der Waals surface area contributed by atoms with Crippen molar-refractivity contribution in [3.63, 3.8) is 0 Å². The summed E-state index contributed by atoms with van der Waals surface area (Å²) in [5.74, 6) is 0.386. The van der Waals surface area contributed by atoms with Gasteiger partial charge < -0.3 is 14.5 Å². The third-order valence-corrected chi connectivity index (χ3v) is 4.75. The van der Waals surface area contributed by atoms with Crippen molar-refractivity contribution in [2.45, 2.75) is 26.8 Å². The molecule has 7 nitrogen and oxygen atoms in total. The SMILES string of the molecule is CCc1cc(=O)n(CC(=O)N(C)c2cccc(C)c2)c(N2CCOCC2)n1. The van der Waals surface area contributed by atoms with Gasteiger partial charge in [0.15, 0.2) is 0 Å². The van der Waals surface area contributed by atoms with E-state index in [1.807, 2.05) is 43.0 Å². The number of likely N-dealkylation sites (N-methyl/N-ethyl adjacent to an activating group) is 1. The number of aromatic nitrogens is 2. The Balaban J connectivity index is 1.90. The largest absolute Gasteiger partial charge is 0.378 e. The summed E-state index contributed by atoms with van der Waals surface area (Å²) < 4.78 is 6.88. The van der Waals surface area contributed by atoms with E-state index in [2.05, 4.69) is 4.98 Å². The highest BCUT2D eigenvalue weighted by molar-refractivity contribution is 5.92. The first-order valence-corrected chi connectivity index (χ1v) is 9.26. The fourth-order valence-corrected chi connectivity index (χ4v) is 3.10. The van der Waals surface area contributed by atoms with Crippen LogP contribution >= 0.6 is 0 Å². The quantitative estimate of drug-likeness (QED) is 0.800. The number of ether oxygens (including phenoxy) is 1. The molecular formula is C20H26N4O3. The highest BCUT2D eigenvalue weighted by Gasteiger charge is 2.21. The van der Waals surface area contributed by atoms with E-state index in [-0.39, 0.29) is 18.0 Å². The summed E-state index contributed by atoms with van der Waals surface area (Å²) in [7, 11) is 1.73. The second-order valence-corrected chi connectivity index (χ2v) is 6.72. The number of morpholine rings is 1. The Morgan fingerprint density at radius 3 is 2.67 bits per heavy atom. The molecule has 1 saturated heterocycles. The van der Waals surface area contributed by atoms with Gasteiger partial charge in [-0.1, -0.05) is 19.1 Å². The lowest BCUT2D eigenvalue weighted by atomic mass is 10.2. The highest BCUT2D eigenvalue weighted by Crippen LogP contribution is 2.17. The molecule has 1 aliphatic heterocycles. The van der Waals surface area contributed by atoms with E-state index >= 15 is 0 Å². The van der Waals surface area contributed by atoms with Gasteiger partial charge >= 0.3 is 0 Å². The van der Waals surface area contributed by atoms with Gasteiger partial charge in [0.1, 0.15) is 6.54 Å². The first-order valence-electron chi connectivity index (χ1n) is 9.26. The fraction of sp³-hybridized carbons (Fsp3) is 0.450. The summed E-state index contributed by atoms with van der Waals surface area (Å²) in [6, 6.07) is 9.24. The highest BCUT2D eigenvalue weighted by atomic mass is 16.5. The van der Waals surface area contributed by atoms with Crippen molar-refractivity contribution in [2.24, 2.45) is 0 Å². The Morgan fingerprint density at radius 2 is 2.00 bits per heavy atom. The minimum Gasteiger partial charge on any atom is -0.378 e. The maximum atomic E-state index is 12.9. The molecule has 0 saturated carbocycles. The Bertz CT molecular complexity index is 872. The molecule has 0 spiro atoms. The average molecular weight is 370 g/mol. The van der Waals surface area contributed by atoms with Gasteiger partial charge in [-0.2, -0.15) is 0 Å². The van der Waals surface area contributed by atoms with Gasteiger partial charge in [-0.05, 0) is 31.0 Å². The molecule has 144 valence electrons. The molecule has 27 heavy (non-hydrogen) atoms. The number of nitrogens with zero attached hydrogens (tertiary/aromatic N) is 4. The average Bonchev–Trinajstić information content (AvgIpc) is 2.69. The smallest absolute Gasteiger partial charge is 0.255 e. The molecule has 1 fully saturated rings. The summed E-state index contributed by atoms with van der Waals surface area (Å²) in [6.45, 7) is 6.38. The van der Waals surface area contributed by atoms with E-state index in [4.69, 9.17) is 4.74 Å². The van der Waals surface area contributed by atoms with Crippen LogP contribution in [0.5, 0.6) is 0 Å². The maximum absolute atomic E-state index is 12.9. The molecule has 1 aliphatic rings. The van der Waals surface area contributed by atoms with Crippen molar-refractivity contribution in [3.8, 4) is 0 Å². The Kier molecular flexibility index (Phi) is 5.91. The molecule has 0 atom stereocenters. The number of aryl methyl sites for hydroxylation is 2. The molecule has 2 aromatic rings. The monoisotopic (exact) mass is 370 g/mol. The molecule has 0 unspecified atom stereocenters. The predicted molar refractivity (Wildman–Crippen MR) is 105 cm³/mol. The maximum Gasteiger partial charge on any atom is 0.255 e. The lowest BCUT2D eigenvalue weighted by Crippen LogP contribution is -2.42. The van der Waals surface area contributed by atoms with Crippen molar-refractivity contribution in [1.82, 2.24) is 9.55 Å². The zero-order chi connectivity index (χ0) is 19.4. The van der Waals surface area contributed by atoms with Crippen molar-refractivity contribution in [1.29, 1.82) is 0 Å². The normalized spacial score (nSPS) is 14.3. The van der Waals surface area contributed by atoms with Gasteiger partial charge in [-0.3, -0.25) is 14.2 Å². The van der Waals surface area contributed by atoms with E-state index in [0.29, 0.717) is 38.7 Å². The van der Waals surface area contributed by atoms with E-state index in [1.54, 1.807) is 11.9 Å². The first-order chi connectivity index (χ1) is 13.0. The van der Waals surface area contributed by atoms with Gasteiger partial charge in [0, 0.05) is 37.6 Å². The number of amides is 1. The van der Waals surface area contributed by atoms with Crippen LogP contribution in [0, 0.1) is 6.92 Å². The van der Waals surface area contributed by atoms with Crippen molar-refractivity contribution in [2.75, 3.05) is 43.2 Å². The molecule has 2 heterocycles. The fourth-order valence-electron chi connectivity index (χ4n) is 3.10. The molecule has 1 aromatic heterocycles. The first kappa shape index (κ1) is 19.1. The number of hydrogen-bond acceptors (Lipinski definition) is 5. The number of anilines is 2. The molecule has 0 radical (unpaired) electrons. The Morgan fingerprint density at radius 1 is 1.26 bits per heavy atom. The van der Waals surface area contributed by atoms with Crippen LogP contribution in [-0.2, 0) is 22.5 Å². The summed E-state index contributed by atoms with van der Waals surface area (Å²) in [4.78, 5) is 33.8. The molecular weight excluding hydrogens is 344 g/mol. The van der Waals surface area contributed by atoms with E-state index in [9.17, 15) is 9.59 Å². The minimum atomic E-state index is -0.200. The molecule has 7 heteroatoms. The molecule has 0 aliphatic carbocycles. The summed E-state index contributed by atoms with van der Waals surface area (Å²) in [6.07, 6.45) is 0.671. The van der Waals surface area contributed by atoms with Crippen LogP contribution in [0.1, 0.15) is 18.2 Å². The molecule has 0 N–H and O–H groups in total. The third-order valence-electron chi connectivity index (χ3n) is 4.75. The van der Waals surface area contributed by atoms with Gasteiger partial charge in [0.25, 0.3) is 5.56 Å². The standard InChI is InChI=1S/C20H26N4O3/c1-4-16-13-18(25)24(20(21-16)23-8-10-27-11-9-23)14-19(26)22(3)17-7-5-6-15(2)12-17/h5-7,12-13H,4,8-11,14H2,1-3H3. The second-order valence-electron chi connectivity index (χ2n) is 6.72. The summed E-state index contributed by atoms with van der Waals surface area (Å²) in [5.41, 5.74) is 2.41. The van der Waals surface area contributed by atoms with Crippen LogP contribution in [0.4, 0.5) is 11.6 Å². The van der Waals surface area contributed by atoms with Crippen LogP contribution in [-0.4, -0.2) is 48.8 Å². The summed E-state index contributed by atoms with van der Waals surface area (Å²) in [5, 5.41) is 0. The number of benzene rings is 1. The van der Waals surface area contributed by atoms with Crippen LogP contribution < -0.4 is 15.4 Å². The van der Waals surface area contributed by atoms with Crippen LogP contribution in [0.2, 0.25) is 0 Å². The molecule has 0 bridgehead atoms. The predicted octanol–water partition coefficient (Wildman–Crippen LogP) is 1.61. The third kappa shape index (κ3) is 4.36. The van der Waals surface area contributed by atoms with Crippen molar-refractivity contribution in [3.05, 3.63) is 51.9 Å². The van der Waals surface area contributed by atoms with Crippen molar-refractivity contribution >= 4 is 17.5 Å². The number of carbonyl (C=O) groups excluding carboxylic acids is 1. The van der Waals surface area contributed by atoms with Crippen LogP contribution in [0.3, 0.4) is 0 Å². The van der Waals surface area contributed by atoms with Crippen LogP contribution in [0.15, 0.2) is 35.1 Å². The number of rotatable bonds is 5. The van der Waals surface area contributed by atoms with E-state index in [0.717, 1.165) is 16.9 Å². The molecule has 1 amide bonds. The lowest BCUT2D eigenvalue weighted by molar-refractivity contribution is -0.118.